The molecule has 0 spiro atoms. The first-order valence-corrected chi connectivity index (χ1v) is 6.30. The number of rotatable bonds is 3. The molecule has 0 aromatic heterocycles. The number of phenols is 1. The lowest BCUT2D eigenvalue weighted by Crippen LogP contribution is -2.42. The lowest BCUT2D eigenvalue weighted by molar-refractivity contribution is 0.241. The predicted molar refractivity (Wildman–Crippen MR) is 66.9 cm³/mol. The molecule has 0 heterocycles. The molecule has 0 unspecified atom stereocenters. The second kappa shape index (κ2) is 4.46. The third-order valence-electron chi connectivity index (χ3n) is 3.59. The molecule has 1 saturated carbocycles. The Morgan fingerprint density at radius 3 is 2.65 bits per heavy atom. The normalized spacial score (nSPS) is 17.6. The van der Waals surface area contributed by atoms with Crippen molar-refractivity contribution in [1.29, 1.82) is 0 Å². The monoisotopic (exact) mass is 303 g/mol. The molecule has 1 aromatic rings. The highest BCUT2D eigenvalue weighted by Crippen LogP contribution is 2.50. The van der Waals surface area contributed by atoms with Crippen LogP contribution in [0.3, 0.4) is 0 Å². The molecule has 3 N–H and O–H groups in total. The van der Waals surface area contributed by atoms with Crippen molar-refractivity contribution < 1.29 is 14.2 Å². The van der Waals surface area contributed by atoms with Gasteiger partial charge in [0.05, 0.1) is 11.6 Å². The number of ether oxygens (including phenoxy) is 1. The summed E-state index contributed by atoms with van der Waals surface area (Å²) in [5, 5.41) is 9.60. The van der Waals surface area contributed by atoms with Crippen LogP contribution in [-0.4, -0.2) is 18.8 Å². The lowest BCUT2D eigenvalue weighted by atomic mass is 9.64. The van der Waals surface area contributed by atoms with Gasteiger partial charge in [0.15, 0.2) is 11.5 Å². The molecule has 0 atom stereocenters. The third kappa shape index (κ3) is 1.81. The first kappa shape index (κ1) is 12.6. The molecule has 2 rings (SSSR count). The van der Waals surface area contributed by atoms with Crippen molar-refractivity contribution in [3.63, 3.8) is 0 Å². The van der Waals surface area contributed by atoms with Crippen LogP contribution in [0.25, 0.3) is 0 Å². The van der Waals surface area contributed by atoms with Gasteiger partial charge in [0.1, 0.15) is 5.82 Å². The molecule has 5 heteroatoms. The van der Waals surface area contributed by atoms with Crippen LogP contribution in [0.5, 0.6) is 11.5 Å². The van der Waals surface area contributed by atoms with Crippen molar-refractivity contribution in [2.45, 2.75) is 24.7 Å². The van der Waals surface area contributed by atoms with Gasteiger partial charge in [-0.25, -0.2) is 4.39 Å². The van der Waals surface area contributed by atoms with Crippen LogP contribution in [0.1, 0.15) is 24.8 Å². The number of nitrogens with two attached hydrogens (primary N) is 1. The molecule has 1 aliphatic carbocycles. The van der Waals surface area contributed by atoms with Crippen molar-refractivity contribution in [1.82, 2.24) is 0 Å². The number of phenolic OH excluding ortho intramolecular Hbond substituents is 1. The third-order valence-corrected chi connectivity index (χ3v) is 4.35. The molecule has 3 nitrogen and oxygen atoms in total. The van der Waals surface area contributed by atoms with E-state index >= 15 is 0 Å². The Balaban J connectivity index is 2.61. The molecule has 1 fully saturated rings. The number of benzene rings is 1. The maximum Gasteiger partial charge on any atom is 0.175 e. The average molecular weight is 304 g/mol. The van der Waals surface area contributed by atoms with E-state index in [0.717, 1.165) is 25.3 Å². The zero-order valence-corrected chi connectivity index (χ0v) is 11.2. The molecule has 0 amide bonds. The molecule has 1 aromatic carbocycles. The number of hydrogen-bond donors (Lipinski definition) is 2. The summed E-state index contributed by atoms with van der Waals surface area (Å²) in [5.74, 6) is -0.367. The van der Waals surface area contributed by atoms with Gasteiger partial charge in [0.2, 0.25) is 0 Å². The number of hydrogen-bond acceptors (Lipinski definition) is 3. The molecule has 94 valence electrons. The van der Waals surface area contributed by atoms with Gasteiger partial charge in [-0.15, -0.1) is 0 Å². The summed E-state index contributed by atoms with van der Waals surface area (Å²) in [6.45, 7) is 0.399. The van der Waals surface area contributed by atoms with Crippen LogP contribution >= 0.6 is 15.9 Å². The molecule has 0 aliphatic heterocycles. The Morgan fingerprint density at radius 1 is 1.59 bits per heavy atom. The van der Waals surface area contributed by atoms with Gasteiger partial charge in [-0.3, -0.25) is 0 Å². The molecular formula is C12H15BrFNO2. The fourth-order valence-corrected chi connectivity index (χ4v) is 3.40. The van der Waals surface area contributed by atoms with E-state index in [1.165, 1.54) is 7.11 Å². The van der Waals surface area contributed by atoms with Crippen molar-refractivity contribution in [2.24, 2.45) is 5.73 Å². The largest absolute Gasteiger partial charge is 0.504 e. The Labute approximate surface area is 108 Å². The molecule has 0 saturated heterocycles. The average Bonchev–Trinajstić information content (AvgIpc) is 2.21. The molecule has 0 radical (unpaired) electrons. The van der Waals surface area contributed by atoms with Gasteiger partial charge in [0, 0.05) is 23.6 Å². The Morgan fingerprint density at radius 2 is 2.24 bits per heavy atom. The van der Waals surface area contributed by atoms with Gasteiger partial charge in [0.25, 0.3) is 0 Å². The minimum absolute atomic E-state index is 0.202. The fourth-order valence-electron chi connectivity index (χ4n) is 2.43. The van der Waals surface area contributed by atoms with E-state index in [-0.39, 0.29) is 16.9 Å². The smallest absolute Gasteiger partial charge is 0.175 e. The van der Waals surface area contributed by atoms with Crippen molar-refractivity contribution in [3.05, 3.63) is 21.9 Å². The predicted octanol–water partition coefficient (Wildman–Crippen LogP) is 2.68. The highest BCUT2D eigenvalue weighted by atomic mass is 79.9. The minimum Gasteiger partial charge on any atom is -0.504 e. The topological polar surface area (TPSA) is 55.5 Å². The molecule has 1 aliphatic rings. The minimum atomic E-state index is -0.430. The van der Waals surface area contributed by atoms with E-state index in [9.17, 15) is 9.50 Å². The highest BCUT2D eigenvalue weighted by Gasteiger charge is 2.42. The fraction of sp³-hybridized carbons (Fsp3) is 0.500. The van der Waals surface area contributed by atoms with E-state index < -0.39 is 5.82 Å². The standard InChI is InChI=1S/C12H15BrFNO2/c1-17-11-8(16)5-7(14)9(10(11)13)12(6-15)3-2-4-12/h5,16H,2-4,6,15H2,1H3. The van der Waals surface area contributed by atoms with E-state index in [1.54, 1.807) is 0 Å². The number of aromatic hydroxyl groups is 1. The zero-order valence-electron chi connectivity index (χ0n) is 9.59. The van der Waals surface area contributed by atoms with Gasteiger partial charge in [-0.05, 0) is 28.8 Å². The maximum absolute atomic E-state index is 14.0. The van der Waals surface area contributed by atoms with Crippen LogP contribution < -0.4 is 10.5 Å². The van der Waals surface area contributed by atoms with Crippen LogP contribution in [0.2, 0.25) is 0 Å². The van der Waals surface area contributed by atoms with E-state index in [4.69, 9.17) is 10.5 Å². The van der Waals surface area contributed by atoms with E-state index in [1.807, 2.05) is 0 Å². The molecule has 17 heavy (non-hydrogen) atoms. The SMILES string of the molecule is COc1c(O)cc(F)c(C2(CN)CCC2)c1Br. The Kier molecular flexibility index (Phi) is 3.32. The van der Waals surface area contributed by atoms with E-state index in [0.29, 0.717) is 16.6 Å². The van der Waals surface area contributed by atoms with Gasteiger partial charge < -0.3 is 15.6 Å². The Hall–Kier alpha value is -0.810. The van der Waals surface area contributed by atoms with E-state index in [2.05, 4.69) is 15.9 Å². The first-order valence-electron chi connectivity index (χ1n) is 5.51. The van der Waals surface area contributed by atoms with Crippen LogP contribution in [0, 0.1) is 5.82 Å². The van der Waals surface area contributed by atoms with Crippen molar-refractivity contribution >= 4 is 15.9 Å². The second-order valence-corrected chi connectivity index (χ2v) is 5.23. The second-order valence-electron chi connectivity index (χ2n) is 4.44. The summed E-state index contributed by atoms with van der Waals surface area (Å²) >= 11 is 3.31. The number of methoxy groups -OCH3 is 1. The van der Waals surface area contributed by atoms with Crippen LogP contribution in [-0.2, 0) is 5.41 Å². The summed E-state index contributed by atoms with van der Waals surface area (Å²) in [5.41, 5.74) is 5.99. The summed E-state index contributed by atoms with van der Waals surface area (Å²) in [6.07, 6.45) is 2.78. The molecule has 0 bridgehead atoms. The van der Waals surface area contributed by atoms with Crippen LogP contribution in [0.4, 0.5) is 4.39 Å². The summed E-state index contributed by atoms with van der Waals surface area (Å²) in [7, 11) is 1.44. The van der Waals surface area contributed by atoms with Crippen molar-refractivity contribution in [2.75, 3.05) is 13.7 Å². The summed E-state index contributed by atoms with van der Waals surface area (Å²) in [6, 6.07) is 1.09. The maximum atomic E-state index is 14.0. The zero-order chi connectivity index (χ0) is 12.6. The quantitative estimate of drug-likeness (QED) is 0.902. The number of halogens is 2. The van der Waals surface area contributed by atoms with Crippen LogP contribution in [0.15, 0.2) is 10.5 Å². The molecular weight excluding hydrogens is 289 g/mol. The summed E-state index contributed by atoms with van der Waals surface area (Å²) < 4.78 is 19.6. The lowest BCUT2D eigenvalue weighted by Gasteiger charge is -2.42. The highest BCUT2D eigenvalue weighted by molar-refractivity contribution is 9.10. The Bertz CT molecular complexity index is 441. The summed E-state index contributed by atoms with van der Waals surface area (Å²) in [4.78, 5) is 0. The van der Waals surface area contributed by atoms with Gasteiger partial charge in [-0.2, -0.15) is 0 Å². The van der Waals surface area contributed by atoms with Gasteiger partial charge in [-0.1, -0.05) is 6.42 Å². The van der Waals surface area contributed by atoms with Gasteiger partial charge >= 0.3 is 0 Å². The first-order chi connectivity index (χ1) is 8.05. The van der Waals surface area contributed by atoms with Crippen molar-refractivity contribution in [3.8, 4) is 11.5 Å².